The smallest absolute Gasteiger partial charge is 0.329 e. The Bertz CT molecular complexity index is 742. The molecule has 1 atom stereocenters. The highest BCUT2D eigenvalue weighted by Gasteiger charge is 2.14. The second-order valence-electron chi connectivity index (χ2n) is 4.15. The van der Waals surface area contributed by atoms with Gasteiger partial charge in [0.25, 0.3) is 5.56 Å². The molecule has 94 valence electrons. The highest BCUT2D eigenvalue weighted by molar-refractivity contribution is 5.78. The van der Waals surface area contributed by atoms with Gasteiger partial charge in [-0.05, 0) is 26.0 Å². The lowest BCUT2D eigenvalue weighted by molar-refractivity contribution is -0.309. The molecule has 1 N–H and O–H groups in total. The highest BCUT2D eigenvalue weighted by atomic mass is 16.4. The van der Waals surface area contributed by atoms with Crippen molar-refractivity contribution in [2.24, 2.45) is 0 Å². The van der Waals surface area contributed by atoms with E-state index in [9.17, 15) is 19.5 Å². The number of carboxylic acids is 1. The largest absolute Gasteiger partial charge is 0.548 e. The number of rotatable bonds is 2. The normalized spacial score (nSPS) is 12.6. The van der Waals surface area contributed by atoms with Crippen molar-refractivity contribution < 1.29 is 9.90 Å². The minimum Gasteiger partial charge on any atom is -0.548 e. The Balaban J connectivity index is 2.88. The third kappa shape index (κ3) is 1.81. The van der Waals surface area contributed by atoms with Crippen LogP contribution in [0.5, 0.6) is 0 Å². The summed E-state index contributed by atoms with van der Waals surface area (Å²) in [5, 5.41) is 11.1. The van der Waals surface area contributed by atoms with Crippen LogP contribution >= 0.6 is 0 Å². The molecule has 0 bridgehead atoms. The number of nitrogens with one attached hydrogen (secondary N) is 1. The van der Waals surface area contributed by atoms with E-state index in [-0.39, 0.29) is 5.39 Å². The zero-order chi connectivity index (χ0) is 13.4. The Labute approximate surface area is 102 Å². The van der Waals surface area contributed by atoms with Crippen LogP contribution in [0.4, 0.5) is 0 Å². The van der Waals surface area contributed by atoms with E-state index in [4.69, 9.17) is 0 Å². The number of hydrogen-bond donors (Lipinski definition) is 1. The van der Waals surface area contributed by atoms with E-state index in [0.717, 1.165) is 5.56 Å². The summed E-state index contributed by atoms with van der Waals surface area (Å²) in [6.07, 6.45) is 0. The van der Waals surface area contributed by atoms with Gasteiger partial charge in [0.2, 0.25) is 0 Å². The molecule has 1 unspecified atom stereocenters. The average molecular weight is 247 g/mol. The van der Waals surface area contributed by atoms with E-state index >= 15 is 0 Å². The Morgan fingerprint density at radius 1 is 1.39 bits per heavy atom. The lowest BCUT2D eigenvalue weighted by Gasteiger charge is -2.15. The van der Waals surface area contributed by atoms with E-state index in [1.807, 2.05) is 0 Å². The summed E-state index contributed by atoms with van der Waals surface area (Å²) in [7, 11) is 0. The van der Waals surface area contributed by atoms with E-state index in [1.54, 1.807) is 25.1 Å². The molecule has 0 saturated carbocycles. The topological polar surface area (TPSA) is 95.0 Å². The zero-order valence-corrected chi connectivity index (χ0v) is 9.89. The minimum atomic E-state index is -1.48. The van der Waals surface area contributed by atoms with Crippen molar-refractivity contribution in [2.75, 3.05) is 0 Å². The summed E-state index contributed by atoms with van der Waals surface area (Å²) in [6, 6.07) is 3.66. The maximum Gasteiger partial charge on any atom is 0.329 e. The first-order valence-electron chi connectivity index (χ1n) is 5.38. The van der Waals surface area contributed by atoms with Crippen LogP contribution in [0.25, 0.3) is 10.9 Å². The van der Waals surface area contributed by atoms with Crippen LogP contribution < -0.4 is 16.4 Å². The summed E-state index contributed by atoms with van der Waals surface area (Å²) in [5.74, 6) is -1.48. The molecule has 0 saturated heterocycles. The molecular formula is C12H11N2O4-. The van der Waals surface area contributed by atoms with E-state index < -0.39 is 23.3 Å². The fourth-order valence-corrected chi connectivity index (χ4v) is 1.80. The number of carbonyl (C=O) groups excluding carboxylic acids is 1. The first kappa shape index (κ1) is 12.1. The summed E-state index contributed by atoms with van der Waals surface area (Å²) in [6.45, 7) is 3.03. The van der Waals surface area contributed by atoms with Gasteiger partial charge in [0.1, 0.15) is 0 Å². The molecule has 1 aromatic carbocycles. The van der Waals surface area contributed by atoms with Gasteiger partial charge in [-0.25, -0.2) is 4.79 Å². The molecule has 0 aliphatic carbocycles. The van der Waals surface area contributed by atoms with Crippen LogP contribution in [0.15, 0.2) is 27.8 Å². The predicted molar refractivity (Wildman–Crippen MR) is 63.3 cm³/mol. The molecule has 0 fully saturated rings. The van der Waals surface area contributed by atoms with Crippen LogP contribution in [0.3, 0.4) is 0 Å². The van der Waals surface area contributed by atoms with Gasteiger partial charge in [-0.1, -0.05) is 11.6 Å². The first-order valence-corrected chi connectivity index (χ1v) is 5.38. The van der Waals surface area contributed by atoms with Gasteiger partial charge in [-0.3, -0.25) is 9.36 Å². The van der Waals surface area contributed by atoms with Gasteiger partial charge in [0, 0.05) is 0 Å². The SMILES string of the molecule is Cc1ccc2[nH]c(=O)n(C(C)C(=O)[O-])c(=O)c2c1. The molecule has 2 aromatic rings. The van der Waals surface area contributed by atoms with Crippen molar-refractivity contribution in [3.63, 3.8) is 0 Å². The van der Waals surface area contributed by atoms with Gasteiger partial charge >= 0.3 is 5.69 Å². The quantitative estimate of drug-likeness (QED) is 0.759. The molecule has 0 radical (unpaired) electrons. The Morgan fingerprint density at radius 3 is 2.67 bits per heavy atom. The Morgan fingerprint density at radius 2 is 2.06 bits per heavy atom. The number of H-pyrrole nitrogens is 1. The number of aromatic amines is 1. The third-order valence-corrected chi connectivity index (χ3v) is 2.81. The van der Waals surface area contributed by atoms with Crippen molar-refractivity contribution >= 4 is 16.9 Å². The zero-order valence-electron chi connectivity index (χ0n) is 9.89. The van der Waals surface area contributed by atoms with Gasteiger partial charge in [-0.15, -0.1) is 0 Å². The van der Waals surface area contributed by atoms with E-state index in [0.29, 0.717) is 10.1 Å². The second kappa shape index (κ2) is 4.14. The van der Waals surface area contributed by atoms with Crippen molar-refractivity contribution in [3.05, 3.63) is 44.6 Å². The number of carboxylic acid groups (broad SMARTS) is 1. The fourth-order valence-electron chi connectivity index (χ4n) is 1.80. The van der Waals surface area contributed by atoms with E-state index in [1.165, 1.54) is 6.92 Å². The second-order valence-corrected chi connectivity index (χ2v) is 4.15. The molecule has 0 aliphatic heterocycles. The Hall–Kier alpha value is -2.37. The first-order chi connectivity index (χ1) is 8.41. The van der Waals surface area contributed by atoms with Crippen molar-refractivity contribution in [2.45, 2.75) is 19.9 Å². The summed E-state index contributed by atoms with van der Waals surface area (Å²) in [4.78, 5) is 37.1. The van der Waals surface area contributed by atoms with E-state index in [2.05, 4.69) is 4.98 Å². The number of fused-ring (bicyclic) bond motifs is 1. The minimum absolute atomic E-state index is 0.280. The van der Waals surface area contributed by atoms with Crippen molar-refractivity contribution in [1.29, 1.82) is 0 Å². The lowest BCUT2D eigenvalue weighted by atomic mass is 10.1. The number of nitrogens with zero attached hydrogens (tertiary/aromatic N) is 1. The number of aryl methyl sites for hydroxylation is 1. The summed E-state index contributed by atoms with van der Waals surface area (Å²) < 4.78 is 0.650. The van der Waals surface area contributed by atoms with Crippen molar-refractivity contribution in [3.8, 4) is 0 Å². The molecule has 1 aromatic heterocycles. The lowest BCUT2D eigenvalue weighted by Crippen LogP contribution is -2.44. The fraction of sp³-hybridized carbons (Fsp3) is 0.250. The highest BCUT2D eigenvalue weighted by Crippen LogP contribution is 2.08. The molecule has 0 spiro atoms. The van der Waals surface area contributed by atoms with Crippen molar-refractivity contribution in [1.82, 2.24) is 9.55 Å². The van der Waals surface area contributed by atoms with Crippen LogP contribution in [-0.4, -0.2) is 15.5 Å². The molecule has 18 heavy (non-hydrogen) atoms. The molecule has 2 rings (SSSR count). The maximum atomic E-state index is 12.1. The van der Waals surface area contributed by atoms with Gasteiger partial charge < -0.3 is 14.9 Å². The average Bonchev–Trinajstić information content (AvgIpc) is 2.30. The molecule has 0 amide bonds. The molecular weight excluding hydrogens is 236 g/mol. The number of aromatic nitrogens is 2. The number of aliphatic carboxylic acids is 1. The predicted octanol–water partition coefficient (Wildman–Crippen LogP) is -0.691. The molecule has 6 heteroatoms. The van der Waals surface area contributed by atoms with Crippen LogP contribution in [0, 0.1) is 6.92 Å². The number of benzene rings is 1. The monoisotopic (exact) mass is 247 g/mol. The summed E-state index contributed by atoms with van der Waals surface area (Å²) >= 11 is 0. The van der Waals surface area contributed by atoms with Crippen LogP contribution in [0.1, 0.15) is 18.5 Å². The van der Waals surface area contributed by atoms with Gasteiger partial charge in [-0.2, -0.15) is 0 Å². The third-order valence-electron chi connectivity index (χ3n) is 2.81. The summed E-state index contributed by atoms with van der Waals surface area (Å²) in [5.41, 5.74) is -0.154. The Kier molecular flexibility index (Phi) is 2.78. The standard InChI is InChI=1S/C12H12N2O4/c1-6-3-4-9-8(5-6)10(15)14(12(18)13-9)7(2)11(16)17/h3-5,7H,1-2H3,(H,13,18)(H,16,17)/p-1. The van der Waals surface area contributed by atoms with Gasteiger partial charge in [0.15, 0.2) is 0 Å². The molecule has 6 nitrogen and oxygen atoms in total. The molecule has 1 heterocycles. The maximum absolute atomic E-state index is 12.1. The number of hydrogen-bond acceptors (Lipinski definition) is 4. The molecule has 0 aliphatic rings. The van der Waals surface area contributed by atoms with Crippen LogP contribution in [0.2, 0.25) is 0 Å². The van der Waals surface area contributed by atoms with Crippen LogP contribution in [-0.2, 0) is 4.79 Å². The number of carbonyl (C=O) groups is 1. The van der Waals surface area contributed by atoms with Gasteiger partial charge in [0.05, 0.1) is 22.9 Å².